The second-order valence-electron chi connectivity index (χ2n) is 8.31. The molecule has 0 saturated carbocycles. The van der Waals surface area contributed by atoms with Gasteiger partial charge >= 0.3 is 0 Å². The zero-order chi connectivity index (χ0) is 19.3. The van der Waals surface area contributed by atoms with Gasteiger partial charge in [0.1, 0.15) is 12.1 Å². The van der Waals surface area contributed by atoms with Gasteiger partial charge in [0, 0.05) is 48.7 Å². The summed E-state index contributed by atoms with van der Waals surface area (Å²) in [4.78, 5) is 28.7. The van der Waals surface area contributed by atoms with Crippen molar-refractivity contribution in [3.63, 3.8) is 0 Å². The lowest BCUT2D eigenvalue weighted by Gasteiger charge is -2.56. The lowest BCUT2D eigenvalue weighted by atomic mass is 9.87. The molecule has 4 aliphatic rings. The summed E-state index contributed by atoms with van der Waals surface area (Å²) in [5.41, 5.74) is 4.61. The molecule has 3 fully saturated rings. The van der Waals surface area contributed by atoms with Crippen molar-refractivity contribution in [1.82, 2.24) is 14.9 Å². The lowest BCUT2D eigenvalue weighted by Crippen LogP contribution is -2.70. The molecular formula is C22H27N5O. The Morgan fingerprint density at radius 2 is 1.93 bits per heavy atom. The van der Waals surface area contributed by atoms with E-state index in [0.29, 0.717) is 18.6 Å². The molecule has 2 bridgehead atoms. The summed E-state index contributed by atoms with van der Waals surface area (Å²) in [7, 11) is 0. The monoisotopic (exact) mass is 377 g/mol. The Kier molecular flexibility index (Phi) is 4.31. The van der Waals surface area contributed by atoms with Crippen LogP contribution in [0.3, 0.4) is 0 Å². The van der Waals surface area contributed by atoms with Crippen LogP contribution in [-0.2, 0) is 11.2 Å². The van der Waals surface area contributed by atoms with E-state index < -0.39 is 0 Å². The maximum Gasteiger partial charge on any atom is 0.241 e. The van der Waals surface area contributed by atoms with E-state index in [2.05, 4.69) is 44.9 Å². The highest BCUT2D eigenvalue weighted by Crippen LogP contribution is 2.35. The van der Waals surface area contributed by atoms with E-state index in [1.54, 1.807) is 6.33 Å². The molecule has 6 heteroatoms. The van der Waals surface area contributed by atoms with Gasteiger partial charge in [0.15, 0.2) is 0 Å². The summed E-state index contributed by atoms with van der Waals surface area (Å²) >= 11 is 0. The van der Waals surface area contributed by atoms with Crippen LogP contribution in [0.2, 0.25) is 0 Å². The van der Waals surface area contributed by atoms with Crippen LogP contribution in [-0.4, -0.2) is 59.0 Å². The molecule has 4 aliphatic heterocycles. The van der Waals surface area contributed by atoms with Crippen LogP contribution in [0.1, 0.15) is 29.7 Å². The first kappa shape index (κ1) is 17.6. The van der Waals surface area contributed by atoms with Crippen molar-refractivity contribution in [2.45, 2.75) is 45.2 Å². The van der Waals surface area contributed by atoms with Crippen LogP contribution in [0.25, 0.3) is 0 Å². The second-order valence-corrected chi connectivity index (χ2v) is 8.31. The largest absolute Gasteiger partial charge is 0.353 e. The average Bonchev–Trinajstić information content (AvgIpc) is 2.73. The molecule has 1 amide bonds. The number of rotatable bonds is 3. The van der Waals surface area contributed by atoms with E-state index in [9.17, 15) is 4.79 Å². The molecule has 3 saturated heterocycles. The van der Waals surface area contributed by atoms with Gasteiger partial charge in [-0.05, 0) is 44.7 Å². The first-order valence-corrected chi connectivity index (χ1v) is 10.3. The summed E-state index contributed by atoms with van der Waals surface area (Å²) in [5, 5.41) is 0. The molecule has 0 radical (unpaired) electrons. The molecule has 6 rings (SSSR count). The fourth-order valence-corrected chi connectivity index (χ4v) is 5.00. The summed E-state index contributed by atoms with van der Waals surface area (Å²) < 4.78 is 0. The summed E-state index contributed by atoms with van der Waals surface area (Å²) in [6.45, 7) is 7.38. The van der Waals surface area contributed by atoms with E-state index in [0.717, 1.165) is 55.2 Å². The number of fused-ring (bicyclic) bond motifs is 3. The molecule has 1 aromatic carbocycles. The van der Waals surface area contributed by atoms with Gasteiger partial charge < -0.3 is 9.80 Å². The van der Waals surface area contributed by atoms with E-state index in [1.165, 1.54) is 12.0 Å². The van der Waals surface area contributed by atoms with Crippen LogP contribution < -0.4 is 9.80 Å². The van der Waals surface area contributed by atoms with Crippen molar-refractivity contribution in [2.24, 2.45) is 0 Å². The highest BCUT2D eigenvalue weighted by molar-refractivity contribution is 5.96. The van der Waals surface area contributed by atoms with Crippen molar-refractivity contribution in [2.75, 3.05) is 36.0 Å². The highest BCUT2D eigenvalue weighted by atomic mass is 16.2. The molecule has 2 unspecified atom stereocenters. The third-order valence-electron chi connectivity index (χ3n) is 6.68. The van der Waals surface area contributed by atoms with Crippen LogP contribution in [0, 0.1) is 13.8 Å². The van der Waals surface area contributed by atoms with Gasteiger partial charge in [-0.3, -0.25) is 9.69 Å². The lowest BCUT2D eigenvalue weighted by molar-refractivity contribution is -0.124. The molecule has 5 heterocycles. The van der Waals surface area contributed by atoms with Crippen molar-refractivity contribution < 1.29 is 4.79 Å². The summed E-state index contributed by atoms with van der Waals surface area (Å²) in [6, 6.07) is 9.22. The fraction of sp³-hybridized carbons (Fsp3) is 0.500. The smallest absolute Gasteiger partial charge is 0.241 e. The molecule has 0 N–H and O–H groups in total. The van der Waals surface area contributed by atoms with Gasteiger partial charge in [0.05, 0.1) is 6.54 Å². The number of hydrogen-bond acceptors (Lipinski definition) is 5. The molecule has 0 spiro atoms. The predicted molar refractivity (Wildman–Crippen MR) is 110 cm³/mol. The number of benzene rings is 1. The molecule has 0 aliphatic carbocycles. The number of carbonyl (C=O) groups is 1. The van der Waals surface area contributed by atoms with E-state index >= 15 is 0 Å². The van der Waals surface area contributed by atoms with E-state index in [1.807, 2.05) is 17.9 Å². The predicted octanol–water partition coefficient (Wildman–Crippen LogP) is 2.34. The standard InChI is InChI=1S/C22H27N5O/c1-15-16(2)23-14-24-22(15)25-11-18-10-19(12-25)27(18)13-21(28)26-9-5-7-17-6-3-4-8-20(17)26/h3-4,6,8,14,18-19H,5,7,9-13H2,1-2H3. The topological polar surface area (TPSA) is 52.6 Å². The van der Waals surface area contributed by atoms with Crippen LogP contribution in [0.15, 0.2) is 30.6 Å². The van der Waals surface area contributed by atoms with Gasteiger partial charge in [-0.2, -0.15) is 0 Å². The molecule has 28 heavy (non-hydrogen) atoms. The Labute approximate surface area is 166 Å². The average molecular weight is 377 g/mol. The van der Waals surface area contributed by atoms with E-state index in [-0.39, 0.29) is 5.91 Å². The molecule has 2 aromatic rings. The Hall–Kier alpha value is -2.47. The Morgan fingerprint density at radius 3 is 2.75 bits per heavy atom. The third-order valence-corrected chi connectivity index (χ3v) is 6.68. The zero-order valence-corrected chi connectivity index (χ0v) is 16.6. The number of amides is 1. The number of anilines is 2. The van der Waals surface area contributed by atoms with Crippen molar-refractivity contribution in [3.8, 4) is 0 Å². The fourth-order valence-electron chi connectivity index (χ4n) is 5.00. The molecular weight excluding hydrogens is 350 g/mol. The van der Waals surface area contributed by atoms with E-state index in [4.69, 9.17) is 0 Å². The number of para-hydroxylation sites is 1. The number of aryl methyl sites for hydroxylation is 2. The number of piperazine rings is 1. The van der Waals surface area contributed by atoms with Gasteiger partial charge in [-0.25, -0.2) is 9.97 Å². The molecule has 2 atom stereocenters. The first-order valence-electron chi connectivity index (χ1n) is 10.3. The highest BCUT2D eigenvalue weighted by Gasteiger charge is 2.46. The Morgan fingerprint density at radius 1 is 1.14 bits per heavy atom. The van der Waals surface area contributed by atoms with Gasteiger partial charge in [-0.15, -0.1) is 0 Å². The minimum absolute atomic E-state index is 0.240. The van der Waals surface area contributed by atoms with Crippen molar-refractivity contribution in [1.29, 1.82) is 0 Å². The first-order chi connectivity index (χ1) is 13.6. The minimum atomic E-state index is 0.240. The van der Waals surface area contributed by atoms with Crippen molar-refractivity contribution >= 4 is 17.4 Å². The number of aromatic nitrogens is 2. The molecule has 1 aromatic heterocycles. The number of nitrogens with zero attached hydrogens (tertiary/aromatic N) is 5. The van der Waals surface area contributed by atoms with Crippen molar-refractivity contribution in [3.05, 3.63) is 47.4 Å². The van der Waals surface area contributed by atoms with Gasteiger partial charge in [0.25, 0.3) is 0 Å². The SMILES string of the molecule is Cc1ncnc(N2CC3CC(C2)N3CC(=O)N2CCCc3ccccc32)c1C. The maximum absolute atomic E-state index is 13.1. The minimum Gasteiger partial charge on any atom is -0.353 e. The number of piperidine rings is 1. The summed E-state index contributed by atoms with van der Waals surface area (Å²) in [6.07, 6.45) is 4.97. The number of carbonyl (C=O) groups excluding carboxylic acids is 1. The van der Waals surface area contributed by atoms with Crippen LogP contribution in [0.5, 0.6) is 0 Å². The molecule has 6 nitrogen and oxygen atoms in total. The second kappa shape index (κ2) is 6.85. The van der Waals surface area contributed by atoms with Crippen LogP contribution in [0.4, 0.5) is 11.5 Å². The quantitative estimate of drug-likeness (QED) is 0.822. The Bertz CT molecular complexity index is 902. The third kappa shape index (κ3) is 2.87. The normalized spacial score (nSPS) is 23.9. The summed E-state index contributed by atoms with van der Waals surface area (Å²) in [5.74, 6) is 1.29. The van der Waals surface area contributed by atoms with Gasteiger partial charge in [0.2, 0.25) is 5.91 Å². The van der Waals surface area contributed by atoms with Gasteiger partial charge in [-0.1, -0.05) is 18.2 Å². The zero-order valence-electron chi connectivity index (χ0n) is 16.6. The maximum atomic E-state index is 13.1. The van der Waals surface area contributed by atoms with Crippen LogP contribution >= 0.6 is 0 Å². The molecule has 146 valence electrons. The number of hydrogen-bond donors (Lipinski definition) is 0. The Balaban J connectivity index is 1.27.